The molecule has 0 aliphatic carbocycles. The van der Waals surface area contributed by atoms with Gasteiger partial charge in [0.2, 0.25) is 0 Å². The molecule has 7 heteroatoms. The van der Waals surface area contributed by atoms with E-state index < -0.39 is 16.8 Å². The second-order valence-corrected chi connectivity index (χ2v) is 4.36. The molecule has 0 unspecified atom stereocenters. The van der Waals surface area contributed by atoms with E-state index in [1.165, 1.54) is 36.4 Å². The van der Waals surface area contributed by atoms with Gasteiger partial charge in [-0.15, -0.1) is 0 Å². The molecule has 0 fully saturated rings. The third-order valence-electron chi connectivity index (χ3n) is 2.70. The van der Waals surface area contributed by atoms with Gasteiger partial charge in [0.25, 0.3) is 5.69 Å². The van der Waals surface area contributed by atoms with Crippen LogP contribution in [0.3, 0.4) is 0 Å². The predicted octanol–water partition coefficient (Wildman–Crippen LogP) is 3.69. The van der Waals surface area contributed by atoms with E-state index in [-0.39, 0.29) is 11.4 Å². The largest absolute Gasteiger partial charge is 0.323 e. The molecule has 2 aromatic rings. The van der Waals surface area contributed by atoms with Crippen LogP contribution in [-0.4, -0.2) is 11.0 Å². The van der Waals surface area contributed by atoms with Crippen LogP contribution >= 0.6 is 0 Å². The number of aryl methyl sites for hydroxylation is 1. The lowest BCUT2D eigenvalue weighted by Crippen LogP contribution is -2.20. The number of rotatable bonds is 3. The van der Waals surface area contributed by atoms with Gasteiger partial charge in [0.15, 0.2) is 0 Å². The van der Waals surface area contributed by atoms with Gasteiger partial charge in [0.1, 0.15) is 11.5 Å². The van der Waals surface area contributed by atoms with E-state index in [1.54, 1.807) is 13.0 Å². The summed E-state index contributed by atoms with van der Waals surface area (Å²) in [5, 5.41) is 15.8. The third-order valence-corrected chi connectivity index (χ3v) is 2.70. The zero-order valence-electron chi connectivity index (χ0n) is 11.1. The highest BCUT2D eigenvalue weighted by atomic mass is 19.1. The van der Waals surface area contributed by atoms with Crippen molar-refractivity contribution in [2.75, 3.05) is 10.6 Å². The summed E-state index contributed by atoms with van der Waals surface area (Å²) >= 11 is 0. The van der Waals surface area contributed by atoms with Crippen molar-refractivity contribution in [1.29, 1.82) is 0 Å². The van der Waals surface area contributed by atoms with Gasteiger partial charge in [-0.2, -0.15) is 0 Å². The van der Waals surface area contributed by atoms with E-state index in [4.69, 9.17) is 0 Å². The van der Waals surface area contributed by atoms with Crippen molar-refractivity contribution in [2.24, 2.45) is 0 Å². The van der Waals surface area contributed by atoms with Gasteiger partial charge >= 0.3 is 6.03 Å². The number of carbonyl (C=O) groups is 1. The number of carbonyl (C=O) groups excluding carboxylic acids is 1. The first kappa shape index (κ1) is 14.4. The number of nitro benzene ring substituents is 1. The lowest BCUT2D eigenvalue weighted by atomic mass is 10.2. The van der Waals surface area contributed by atoms with Crippen molar-refractivity contribution in [3.8, 4) is 0 Å². The monoisotopic (exact) mass is 289 g/mol. The minimum atomic E-state index is -0.645. The topological polar surface area (TPSA) is 84.3 Å². The van der Waals surface area contributed by atoms with Crippen LogP contribution in [0.5, 0.6) is 0 Å². The van der Waals surface area contributed by atoms with Gasteiger partial charge in [0.05, 0.1) is 4.92 Å². The summed E-state index contributed by atoms with van der Waals surface area (Å²) in [7, 11) is 0. The Balaban J connectivity index is 2.12. The van der Waals surface area contributed by atoms with E-state index >= 15 is 0 Å². The number of halogens is 1. The first-order chi connectivity index (χ1) is 9.95. The Kier molecular flexibility index (Phi) is 4.13. The molecule has 0 bridgehead atoms. The normalized spacial score (nSPS) is 10.0. The molecule has 0 heterocycles. The summed E-state index contributed by atoms with van der Waals surface area (Å²) < 4.78 is 12.7. The quantitative estimate of drug-likeness (QED) is 0.667. The molecule has 2 rings (SSSR count). The number of benzene rings is 2. The van der Waals surface area contributed by atoms with Gasteiger partial charge in [-0.05, 0) is 42.8 Å². The van der Waals surface area contributed by atoms with Gasteiger partial charge in [-0.25, -0.2) is 9.18 Å². The Labute approximate surface area is 119 Å². The maximum absolute atomic E-state index is 12.7. The molecule has 6 nitrogen and oxygen atoms in total. The van der Waals surface area contributed by atoms with Crippen molar-refractivity contribution in [3.63, 3.8) is 0 Å². The number of hydrogen-bond donors (Lipinski definition) is 2. The molecular weight excluding hydrogens is 277 g/mol. The molecule has 21 heavy (non-hydrogen) atoms. The third kappa shape index (κ3) is 3.75. The van der Waals surface area contributed by atoms with Crippen LogP contribution < -0.4 is 10.6 Å². The molecule has 0 atom stereocenters. The minimum Gasteiger partial charge on any atom is -0.308 e. The summed E-state index contributed by atoms with van der Waals surface area (Å²) in [5.41, 5.74) is 0.990. The second kappa shape index (κ2) is 6.00. The zero-order chi connectivity index (χ0) is 15.4. The molecule has 0 aliphatic rings. The Morgan fingerprint density at radius 3 is 2.43 bits per heavy atom. The van der Waals surface area contributed by atoms with Gasteiger partial charge in [0, 0.05) is 11.8 Å². The van der Waals surface area contributed by atoms with Crippen molar-refractivity contribution in [1.82, 2.24) is 0 Å². The van der Waals surface area contributed by atoms with E-state index in [0.717, 1.165) is 0 Å². The summed E-state index contributed by atoms with van der Waals surface area (Å²) in [4.78, 5) is 22.2. The first-order valence-electron chi connectivity index (χ1n) is 6.04. The highest BCUT2D eigenvalue weighted by molar-refractivity contribution is 6.01. The van der Waals surface area contributed by atoms with Crippen LogP contribution in [0.15, 0.2) is 42.5 Å². The molecule has 2 amide bonds. The van der Waals surface area contributed by atoms with Crippen LogP contribution in [0.4, 0.5) is 26.2 Å². The van der Waals surface area contributed by atoms with Crippen LogP contribution in [0.2, 0.25) is 0 Å². The van der Waals surface area contributed by atoms with Gasteiger partial charge in [-0.3, -0.25) is 10.1 Å². The van der Waals surface area contributed by atoms with E-state index in [2.05, 4.69) is 10.6 Å². The first-order valence-corrected chi connectivity index (χ1v) is 6.04. The Bertz CT molecular complexity index is 686. The second-order valence-electron chi connectivity index (χ2n) is 4.36. The molecule has 0 saturated carbocycles. The number of nitrogens with zero attached hydrogens (tertiary/aromatic N) is 1. The van der Waals surface area contributed by atoms with E-state index in [1.807, 2.05) is 0 Å². The van der Waals surface area contributed by atoms with E-state index in [9.17, 15) is 19.3 Å². The average molecular weight is 289 g/mol. The summed E-state index contributed by atoms with van der Waals surface area (Å²) in [5.74, 6) is -0.421. The SMILES string of the molecule is Cc1ccc(NC(=O)Nc2ccc(F)cc2)c([N+](=O)[O-])c1. The molecule has 0 aromatic heterocycles. The Morgan fingerprint density at radius 2 is 1.81 bits per heavy atom. The van der Waals surface area contributed by atoms with Crippen LogP contribution in [0.25, 0.3) is 0 Å². The molecule has 2 N–H and O–H groups in total. The van der Waals surface area contributed by atoms with Crippen LogP contribution in [0, 0.1) is 22.9 Å². The molecule has 0 saturated heterocycles. The average Bonchev–Trinajstić information content (AvgIpc) is 2.43. The molecule has 0 radical (unpaired) electrons. The fourth-order valence-corrected chi connectivity index (χ4v) is 1.72. The zero-order valence-corrected chi connectivity index (χ0v) is 11.1. The van der Waals surface area contributed by atoms with Gasteiger partial charge in [-0.1, -0.05) is 6.07 Å². The summed E-state index contributed by atoms with van der Waals surface area (Å²) in [6.07, 6.45) is 0. The predicted molar refractivity (Wildman–Crippen MR) is 76.9 cm³/mol. The lowest BCUT2D eigenvalue weighted by molar-refractivity contribution is -0.384. The van der Waals surface area contributed by atoms with Crippen molar-refractivity contribution < 1.29 is 14.1 Å². The number of nitro groups is 1. The lowest BCUT2D eigenvalue weighted by Gasteiger charge is -2.08. The van der Waals surface area contributed by atoms with Gasteiger partial charge < -0.3 is 10.6 Å². The Hall–Kier alpha value is -2.96. The molecule has 108 valence electrons. The summed E-state index contributed by atoms with van der Waals surface area (Å²) in [6, 6.07) is 9.00. The molecular formula is C14H12FN3O3. The number of nitrogens with one attached hydrogen (secondary N) is 2. The number of hydrogen-bond acceptors (Lipinski definition) is 3. The fraction of sp³-hybridized carbons (Fsp3) is 0.0714. The standard InChI is InChI=1S/C14H12FN3O3/c1-9-2-7-12(13(8-9)18(20)21)17-14(19)16-11-5-3-10(15)4-6-11/h2-8H,1H3,(H2,16,17,19). The highest BCUT2D eigenvalue weighted by Crippen LogP contribution is 2.25. The van der Waals surface area contributed by atoms with Crippen molar-refractivity contribution >= 4 is 23.1 Å². The minimum absolute atomic E-state index is 0.0882. The number of amides is 2. The highest BCUT2D eigenvalue weighted by Gasteiger charge is 2.15. The smallest absolute Gasteiger partial charge is 0.308 e. The van der Waals surface area contributed by atoms with Crippen LogP contribution in [0.1, 0.15) is 5.56 Å². The number of urea groups is 1. The van der Waals surface area contributed by atoms with Crippen molar-refractivity contribution in [2.45, 2.75) is 6.92 Å². The van der Waals surface area contributed by atoms with Crippen LogP contribution in [-0.2, 0) is 0 Å². The summed E-state index contributed by atoms with van der Waals surface area (Å²) in [6.45, 7) is 1.72. The molecule has 0 aliphatic heterocycles. The van der Waals surface area contributed by atoms with Crippen molar-refractivity contribution in [3.05, 3.63) is 64.0 Å². The molecule has 0 spiro atoms. The fourth-order valence-electron chi connectivity index (χ4n) is 1.72. The number of anilines is 2. The molecule has 2 aromatic carbocycles. The maximum Gasteiger partial charge on any atom is 0.323 e. The van der Waals surface area contributed by atoms with E-state index in [0.29, 0.717) is 11.3 Å². The maximum atomic E-state index is 12.7. The Morgan fingerprint density at radius 1 is 1.14 bits per heavy atom.